The SMILES string of the molecule is Cn1c(NCc2ccc(Oc3nc4ccccc4n3C)cc2)nc2ccc(NC3COC3)cc21. The lowest BCUT2D eigenvalue weighted by Crippen LogP contribution is -2.40. The van der Waals surface area contributed by atoms with Gasteiger partial charge in [-0.3, -0.25) is 4.57 Å². The van der Waals surface area contributed by atoms with Crippen LogP contribution in [0.2, 0.25) is 0 Å². The van der Waals surface area contributed by atoms with Gasteiger partial charge in [0.25, 0.3) is 0 Å². The summed E-state index contributed by atoms with van der Waals surface area (Å²) in [4.78, 5) is 9.32. The van der Waals surface area contributed by atoms with Crippen molar-refractivity contribution in [1.29, 1.82) is 0 Å². The molecule has 8 heteroatoms. The molecule has 0 spiro atoms. The molecular weight excluding hydrogens is 428 g/mol. The summed E-state index contributed by atoms with van der Waals surface area (Å²) in [6.07, 6.45) is 0. The molecule has 2 N–H and O–H groups in total. The molecule has 0 aliphatic carbocycles. The molecule has 0 bridgehead atoms. The highest BCUT2D eigenvalue weighted by molar-refractivity contribution is 5.82. The highest BCUT2D eigenvalue weighted by atomic mass is 16.5. The van der Waals surface area contributed by atoms with Crippen LogP contribution in [0.4, 0.5) is 11.6 Å². The summed E-state index contributed by atoms with van der Waals surface area (Å²) in [5.74, 6) is 1.58. The predicted octanol–water partition coefficient (Wildman–Crippen LogP) is 4.68. The molecule has 0 unspecified atom stereocenters. The van der Waals surface area contributed by atoms with Crippen molar-refractivity contribution in [2.24, 2.45) is 14.1 Å². The lowest BCUT2D eigenvalue weighted by atomic mass is 10.2. The first-order valence-corrected chi connectivity index (χ1v) is 11.4. The van der Waals surface area contributed by atoms with Crippen molar-refractivity contribution < 1.29 is 9.47 Å². The number of hydrogen-bond donors (Lipinski definition) is 2. The van der Waals surface area contributed by atoms with E-state index in [-0.39, 0.29) is 0 Å². The third kappa shape index (κ3) is 3.82. The van der Waals surface area contributed by atoms with Gasteiger partial charge in [0, 0.05) is 26.3 Å². The Morgan fingerprint density at radius 3 is 2.47 bits per heavy atom. The van der Waals surface area contributed by atoms with Gasteiger partial charge in [0.2, 0.25) is 5.95 Å². The van der Waals surface area contributed by atoms with Crippen LogP contribution in [0, 0.1) is 0 Å². The van der Waals surface area contributed by atoms with E-state index in [4.69, 9.17) is 14.5 Å². The fourth-order valence-corrected chi connectivity index (χ4v) is 4.17. The molecule has 1 fully saturated rings. The molecule has 0 saturated carbocycles. The van der Waals surface area contributed by atoms with Crippen molar-refractivity contribution >= 4 is 33.7 Å². The van der Waals surface area contributed by atoms with Crippen molar-refractivity contribution in [3.05, 3.63) is 72.3 Å². The third-order valence-corrected chi connectivity index (χ3v) is 6.22. The molecule has 172 valence electrons. The van der Waals surface area contributed by atoms with Crippen LogP contribution >= 0.6 is 0 Å². The second kappa shape index (κ2) is 8.39. The lowest BCUT2D eigenvalue weighted by Gasteiger charge is -2.27. The number of benzene rings is 3. The maximum absolute atomic E-state index is 6.02. The molecule has 5 aromatic rings. The van der Waals surface area contributed by atoms with Crippen LogP contribution in [-0.4, -0.2) is 38.4 Å². The molecule has 6 rings (SSSR count). The average molecular weight is 455 g/mol. The van der Waals surface area contributed by atoms with Gasteiger partial charge < -0.3 is 24.7 Å². The Morgan fingerprint density at radius 2 is 1.71 bits per heavy atom. The number of fused-ring (bicyclic) bond motifs is 2. The fourth-order valence-electron chi connectivity index (χ4n) is 4.17. The zero-order valence-corrected chi connectivity index (χ0v) is 19.2. The van der Waals surface area contributed by atoms with E-state index in [0.717, 1.165) is 58.2 Å². The van der Waals surface area contributed by atoms with Crippen molar-refractivity contribution in [3.8, 4) is 11.8 Å². The van der Waals surface area contributed by atoms with Crippen LogP contribution in [0.3, 0.4) is 0 Å². The van der Waals surface area contributed by atoms with Crippen molar-refractivity contribution in [3.63, 3.8) is 0 Å². The van der Waals surface area contributed by atoms with E-state index in [1.165, 1.54) is 0 Å². The van der Waals surface area contributed by atoms with Crippen molar-refractivity contribution in [1.82, 2.24) is 19.1 Å². The minimum absolute atomic E-state index is 0.395. The largest absolute Gasteiger partial charge is 0.426 e. The molecule has 1 aliphatic heterocycles. The van der Waals surface area contributed by atoms with E-state index < -0.39 is 0 Å². The van der Waals surface area contributed by atoms with Gasteiger partial charge in [0.1, 0.15) is 5.75 Å². The number of para-hydroxylation sites is 2. The van der Waals surface area contributed by atoms with Crippen LogP contribution in [0.15, 0.2) is 66.7 Å². The van der Waals surface area contributed by atoms with Crippen molar-refractivity contribution in [2.75, 3.05) is 23.8 Å². The number of hydrogen-bond acceptors (Lipinski definition) is 6. The quantitative estimate of drug-likeness (QED) is 0.372. The molecule has 8 nitrogen and oxygen atoms in total. The number of rotatable bonds is 7. The molecule has 1 aliphatic rings. The fraction of sp³-hybridized carbons (Fsp3) is 0.231. The Labute approximate surface area is 197 Å². The highest BCUT2D eigenvalue weighted by Gasteiger charge is 2.18. The van der Waals surface area contributed by atoms with Crippen LogP contribution in [0.5, 0.6) is 11.8 Å². The maximum Gasteiger partial charge on any atom is 0.302 e. The Kier molecular flexibility index (Phi) is 5.07. The number of ether oxygens (including phenoxy) is 2. The molecule has 3 aromatic carbocycles. The Morgan fingerprint density at radius 1 is 0.912 bits per heavy atom. The van der Waals surface area contributed by atoms with E-state index in [9.17, 15) is 0 Å². The summed E-state index contributed by atoms with van der Waals surface area (Å²) >= 11 is 0. The zero-order valence-electron chi connectivity index (χ0n) is 19.2. The molecular formula is C26H26N6O2. The average Bonchev–Trinajstić information content (AvgIpc) is 3.32. The van der Waals surface area contributed by atoms with E-state index in [0.29, 0.717) is 18.6 Å². The highest BCUT2D eigenvalue weighted by Crippen LogP contribution is 2.26. The van der Waals surface area contributed by atoms with Crippen LogP contribution in [0.1, 0.15) is 5.56 Å². The van der Waals surface area contributed by atoms with E-state index in [1.807, 2.05) is 55.1 Å². The van der Waals surface area contributed by atoms with Crippen molar-refractivity contribution in [2.45, 2.75) is 12.6 Å². The Balaban J connectivity index is 1.13. The van der Waals surface area contributed by atoms with Crippen LogP contribution in [0.25, 0.3) is 22.1 Å². The minimum Gasteiger partial charge on any atom is -0.426 e. The number of anilines is 2. The van der Waals surface area contributed by atoms with Gasteiger partial charge in [-0.25, -0.2) is 4.98 Å². The van der Waals surface area contributed by atoms with Gasteiger partial charge in [-0.2, -0.15) is 4.98 Å². The molecule has 34 heavy (non-hydrogen) atoms. The third-order valence-electron chi connectivity index (χ3n) is 6.22. The number of aryl methyl sites for hydroxylation is 2. The first-order chi connectivity index (χ1) is 16.6. The van der Waals surface area contributed by atoms with Gasteiger partial charge in [-0.05, 0) is 48.0 Å². The standard InChI is InChI=1S/C26H26N6O2/c1-31-24-13-18(28-19-15-33-16-19)9-12-22(24)29-25(31)27-14-17-7-10-20(11-8-17)34-26-30-21-5-3-4-6-23(21)32(26)2/h3-13,19,28H,14-16H2,1-2H3,(H,27,29). The second-order valence-corrected chi connectivity index (χ2v) is 8.62. The molecule has 3 heterocycles. The summed E-state index contributed by atoms with van der Waals surface area (Å²) in [5.41, 5.74) is 6.23. The van der Waals surface area contributed by atoms with Gasteiger partial charge in [-0.1, -0.05) is 24.3 Å². The van der Waals surface area contributed by atoms with Crippen LogP contribution in [-0.2, 0) is 25.4 Å². The summed E-state index contributed by atoms with van der Waals surface area (Å²) in [7, 11) is 3.99. The molecule has 0 amide bonds. The van der Waals surface area contributed by atoms with Gasteiger partial charge in [0.15, 0.2) is 0 Å². The normalized spacial score (nSPS) is 13.8. The first-order valence-electron chi connectivity index (χ1n) is 11.4. The summed E-state index contributed by atoms with van der Waals surface area (Å²) < 4.78 is 15.3. The minimum atomic E-state index is 0.395. The van der Waals surface area contributed by atoms with Gasteiger partial charge >= 0.3 is 6.01 Å². The smallest absolute Gasteiger partial charge is 0.302 e. The van der Waals surface area contributed by atoms with Gasteiger partial charge in [-0.15, -0.1) is 0 Å². The molecule has 0 atom stereocenters. The monoisotopic (exact) mass is 454 g/mol. The second-order valence-electron chi connectivity index (χ2n) is 8.62. The molecule has 0 radical (unpaired) electrons. The van der Waals surface area contributed by atoms with Crippen LogP contribution < -0.4 is 15.4 Å². The van der Waals surface area contributed by atoms with E-state index >= 15 is 0 Å². The maximum atomic E-state index is 6.02. The first kappa shape index (κ1) is 20.6. The number of nitrogens with zero attached hydrogens (tertiary/aromatic N) is 4. The zero-order chi connectivity index (χ0) is 23.1. The van der Waals surface area contributed by atoms with E-state index in [2.05, 4.69) is 50.5 Å². The Bertz CT molecular complexity index is 1470. The Hall–Kier alpha value is -4.04. The topological polar surface area (TPSA) is 78.2 Å². The summed E-state index contributed by atoms with van der Waals surface area (Å²) in [6, 6.07) is 23.3. The van der Waals surface area contributed by atoms with Gasteiger partial charge in [0.05, 0.1) is 41.3 Å². The number of imidazole rings is 2. The number of nitrogens with one attached hydrogen (secondary N) is 2. The summed E-state index contributed by atoms with van der Waals surface area (Å²) in [6.45, 7) is 2.19. The predicted molar refractivity (Wildman–Crippen MR) is 134 cm³/mol. The summed E-state index contributed by atoms with van der Waals surface area (Å²) in [5, 5.41) is 6.95. The lowest BCUT2D eigenvalue weighted by molar-refractivity contribution is 0.0211. The van der Waals surface area contributed by atoms with E-state index in [1.54, 1.807) is 0 Å². The molecule has 1 saturated heterocycles. The number of aromatic nitrogens is 4. The molecule has 2 aromatic heterocycles.